The third kappa shape index (κ3) is 4.03. The Balaban J connectivity index is 2.04. The van der Waals surface area contributed by atoms with Crippen LogP contribution in [0.4, 0.5) is 20.6 Å². The Bertz CT molecular complexity index is 702. The van der Waals surface area contributed by atoms with Crippen LogP contribution >= 0.6 is 0 Å². The maximum atomic E-state index is 12.9. The number of nitrogens with one attached hydrogen (secondary N) is 1. The molecule has 0 unspecified atom stereocenters. The number of benzene rings is 2. The highest BCUT2D eigenvalue weighted by Crippen LogP contribution is 2.21. The van der Waals surface area contributed by atoms with E-state index in [1.165, 1.54) is 41.3 Å². The number of anilines is 1. The molecule has 0 saturated heterocycles. The van der Waals surface area contributed by atoms with E-state index in [1.807, 2.05) is 6.92 Å². The van der Waals surface area contributed by atoms with E-state index in [9.17, 15) is 19.3 Å². The van der Waals surface area contributed by atoms with E-state index in [4.69, 9.17) is 0 Å². The monoisotopic (exact) mass is 317 g/mol. The van der Waals surface area contributed by atoms with Gasteiger partial charge in [-0.2, -0.15) is 0 Å². The van der Waals surface area contributed by atoms with Crippen LogP contribution in [0.25, 0.3) is 0 Å². The lowest BCUT2D eigenvalue weighted by Gasteiger charge is -2.25. The van der Waals surface area contributed by atoms with Gasteiger partial charge in [0.05, 0.1) is 11.0 Å². The summed E-state index contributed by atoms with van der Waals surface area (Å²) in [4.78, 5) is 23.8. The van der Waals surface area contributed by atoms with Crippen molar-refractivity contribution < 1.29 is 14.1 Å². The average molecular weight is 317 g/mol. The van der Waals surface area contributed by atoms with Crippen molar-refractivity contribution in [1.82, 2.24) is 4.90 Å². The fraction of sp³-hybridized carbons (Fsp3) is 0.188. The number of nitrogens with zero attached hydrogens (tertiary/aromatic N) is 2. The summed E-state index contributed by atoms with van der Waals surface area (Å²) in [6, 6.07) is 10.9. The summed E-state index contributed by atoms with van der Waals surface area (Å²) in [5, 5.41) is 13.3. The minimum atomic E-state index is -0.506. The molecular weight excluding hydrogens is 301 g/mol. The summed E-state index contributed by atoms with van der Waals surface area (Å²) in [7, 11) is 1.62. The van der Waals surface area contributed by atoms with Crippen LogP contribution in [0.15, 0.2) is 48.5 Å². The molecular formula is C16H16FN3O3. The van der Waals surface area contributed by atoms with Gasteiger partial charge in [0.1, 0.15) is 5.82 Å². The SMILES string of the molecule is C[C@H](c1ccc(F)cc1)N(C)C(=O)Nc1ccc([N+](=O)[O-])cc1. The molecule has 0 aliphatic rings. The van der Waals surface area contributed by atoms with Crippen LogP contribution in [0.1, 0.15) is 18.5 Å². The summed E-state index contributed by atoms with van der Waals surface area (Å²) >= 11 is 0. The molecule has 0 bridgehead atoms. The molecule has 0 aliphatic heterocycles. The molecule has 2 rings (SSSR count). The molecule has 2 aromatic carbocycles. The second kappa shape index (κ2) is 6.87. The van der Waals surface area contributed by atoms with Gasteiger partial charge in [-0.1, -0.05) is 12.1 Å². The second-order valence-electron chi connectivity index (χ2n) is 5.07. The van der Waals surface area contributed by atoms with Crippen LogP contribution in [-0.2, 0) is 0 Å². The van der Waals surface area contributed by atoms with Crippen molar-refractivity contribution in [3.05, 3.63) is 70.0 Å². The Morgan fingerprint density at radius 1 is 1.17 bits per heavy atom. The normalized spacial score (nSPS) is 11.6. The highest BCUT2D eigenvalue weighted by molar-refractivity contribution is 5.89. The number of amides is 2. The first-order chi connectivity index (χ1) is 10.9. The van der Waals surface area contributed by atoms with Crippen molar-refractivity contribution in [1.29, 1.82) is 0 Å². The van der Waals surface area contributed by atoms with Gasteiger partial charge < -0.3 is 10.2 Å². The Hall–Kier alpha value is -2.96. The molecule has 1 atom stereocenters. The number of carbonyl (C=O) groups is 1. The fourth-order valence-electron chi connectivity index (χ4n) is 2.02. The molecule has 2 aromatic rings. The van der Waals surface area contributed by atoms with Gasteiger partial charge in [0.2, 0.25) is 0 Å². The summed E-state index contributed by atoms with van der Waals surface area (Å²) in [6.45, 7) is 1.82. The van der Waals surface area contributed by atoms with Gasteiger partial charge in [0.15, 0.2) is 0 Å². The van der Waals surface area contributed by atoms with Gasteiger partial charge in [-0.05, 0) is 36.8 Å². The van der Waals surface area contributed by atoms with Crippen molar-refractivity contribution in [3.8, 4) is 0 Å². The minimum absolute atomic E-state index is 0.0453. The predicted molar refractivity (Wildman–Crippen MR) is 84.7 cm³/mol. The van der Waals surface area contributed by atoms with Crippen molar-refractivity contribution in [2.24, 2.45) is 0 Å². The van der Waals surface area contributed by atoms with Gasteiger partial charge in [-0.3, -0.25) is 10.1 Å². The maximum Gasteiger partial charge on any atom is 0.322 e. The summed E-state index contributed by atoms with van der Waals surface area (Å²) < 4.78 is 12.9. The standard InChI is InChI=1S/C16H16FN3O3/c1-11(12-3-5-13(17)6-4-12)19(2)16(21)18-14-7-9-15(10-8-14)20(22)23/h3-11H,1-2H3,(H,18,21)/t11-/m1/s1. The molecule has 2 amide bonds. The predicted octanol–water partition coefficient (Wildman–Crippen LogP) is 3.96. The molecule has 0 saturated carbocycles. The minimum Gasteiger partial charge on any atom is -0.321 e. The number of hydrogen-bond acceptors (Lipinski definition) is 3. The lowest BCUT2D eigenvalue weighted by atomic mass is 10.1. The van der Waals surface area contributed by atoms with Crippen molar-refractivity contribution >= 4 is 17.4 Å². The molecule has 23 heavy (non-hydrogen) atoms. The summed E-state index contributed by atoms with van der Waals surface area (Å²) in [6.07, 6.45) is 0. The fourth-order valence-corrected chi connectivity index (χ4v) is 2.02. The van der Waals surface area contributed by atoms with E-state index in [1.54, 1.807) is 19.2 Å². The van der Waals surface area contributed by atoms with Crippen LogP contribution in [0.2, 0.25) is 0 Å². The van der Waals surface area contributed by atoms with Crippen molar-refractivity contribution in [3.63, 3.8) is 0 Å². The number of rotatable bonds is 4. The molecule has 0 fully saturated rings. The largest absolute Gasteiger partial charge is 0.322 e. The zero-order chi connectivity index (χ0) is 17.0. The highest BCUT2D eigenvalue weighted by Gasteiger charge is 2.17. The number of halogens is 1. The number of non-ortho nitro benzene ring substituents is 1. The molecule has 7 heteroatoms. The molecule has 0 aromatic heterocycles. The van der Waals surface area contributed by atoms with Gasteiger partial charge in [-0.15, -0.1) is 0 Å². The van der Waals surface area contributed by atoms with Gasteiger partial charge in [0, 0.05) is 24.9 Å². The van der Waals surface area contributed by atoms with Crippen LogP contribution in [0.3, 0.4) is 0 Å². The van der Waals surface area contributed by atoms with E-state index in [0.717, 1.165) is 5.56 Å². The van der Waals surface area contributed by atoms with Crippen LogP contribution in [-0.4, -0.2) is 22.9 Å². The van der Waals surface area contributed by atoms with E-state index in [2.05, 4.69) is 5.32 Å². The first kappa shape index (κ1) is 16.4. The lowest BCUT2D eigenvalue weighted by molar-refractivity contribution is -0.384. The first-order valence-corrected chi connectivity index (χ1v) is 6.92. The number of hydrogen-bond donors (Lipinski definition) is 1. The van der Waals surface area contributed by atoms with Gasteiger partial charge in [-0.25, -0.2) is 9.18 Å². The van der Waals surface area contributed by atoms with Crippen LogP contribution in [0.5, 0.6) is 0 Å². The topological polar surface area (TPSA) is 75.5 Å². The second-order valence-corrected chi connectivity index (χ2v) is 5.07. The zero-order valence-corrected chi connectivity index (χ0v) is 12.7. The Morgan fingerprint density at radius 2 is 1.74 bits per heavy atom. The summed E-state index contributed by atoms with van der Waals surface area (Å²) in [5.74, 6) is -0.334. The molecule has 0 radical (unpaired) electrons. The average Bonchev–Trinajstić information content (AvgIpc) is 2.54. The van der Waals surface area contributed by atoms with Crippen molar-refractivity contribution in [2.45, 2.75) is 13.0 Å². The Labute approximate surface area is 132 Å². The number of nitro benzene ring substituents is 1. The van der Waals surface area contributed by atoms with E-state index in [-0.39, 0.29) is 23.6 Å². The molecule has 0 spiro atoms. The molecule has 0 heterocycles. The van der Waals surface area contributed by atoms with E-state index >= 15 is 0 Å². The van der Waals surface area contributed by atoms with E-state index < -0.39 is 4.92 Å². The molecule has 0 aliphatic carbocycles. The zero-order valence-electron chi connectivity index (χ0n) is 12.7. The number of urea groups is 1. The maximum absolute atomic E-state index is 12.9. The molecule has 120 valence electrons. The molecule has 1 N–H and O–H groups in total. The van der Waals surface area contributed by atoms with Crippen molar-refractivity contribution in [2.75, 3.05) is 12.4 Å². The first-order valence-electron chi connectivity index (χ1n) is 6.92. The smallest absolute Gasteiger partial charge is 0.321 e. The summed E-state index contributed by atoms with van der Waals surface area (Å²) in [5.41, 5.74) is 1.21. The number of carbonyl (C=O) groups excluding carboxylic acids is 1. The highest BCUT2D eigenvalue weighted by atomic mass is 19.1. The quantitative estimate of drug-likeness (QED) is 0.685. The lowest BCUT2D eigenvalue weighted by Crippen LogP contribution is -2.33. The van der Waals surface area contributed by atoms with Crippen LogP contribution < -0.4 is 5.32 Å². The number of nitro groups is 1. The molecule has 6 nitrogen and oxygen atoms in total. The van der Waals surface area contributed by atoms with Gasteiger partial charge in [0.25, 0.3) is 5.69 Å². The van der Waals surface area contributed by atoms with Gasteiger partial charge >= 0.3 is 6.03 Å². The van der Waals surface area contributed by atoms with Crippen LogP contribution in [0, 0.1) is 15.9 Å². The Morgan fingerprint density at radius 3 is 2.26 bits per heavy atom. The third-order valence-electron chi connectivity index (χ3n) is 3.58. The Kier molecular flexibility index (Phi) is 4.90. The third-order valence-corrected chi connectivity index (χ3v) is 3.58. The van der Waals surface area contributed by atoms with E-state index in [0.29, 0.717) is 5.69 Å².